The minimum atomic E-state index is -0.717. The summed E-state index contributed by atoms with van der Waals surface area (Å²) in [6.07, 6.45) is 0.697. The van der Waals surface area contributed by atoms with Crippen LogP contribution in [0.15, 0.2) is 89.4 Å². The molecule has 3 aromatic carbocycles. The number of carbonyl (C=O) groups excluding carboxylic acids is 1. The highest BCUT2D eigenvalue weighted by Crippen LogP contribution is 2.69. The molecule has 1 fully saturated rings. The van der Waals surface area contributed by atoms with Crippen LogP contribution in [-0.4, -0.2) is 13.1 Å². The van der Waals surface area contributed by atoms with Crippen LogP contribution in [0.5, 0.6) is 0 Å². The molecule has 0 aliphatic heterocycles. The fraction of sp³-hybridized carbons (Fsp3) is 0.174. The van der Waals surface area contributed by atoms with Crippen LogP contribution in [0.2, 0.25) is 0 Å². The zero-order chi connectivity index (χ0) is 18.2. The van der Waals surface area contributed by atoms with Gasteiger partial charge in [-0.3, -0.25) is 4.79 Å². The third-order valence-corrected chi connectivity index (χ3v) is 6.07. The fourth-order valence-electron chi connectivity index (χ4n) is 4.28. The van der Waals surface area contributed by atoms with Gasteiger partial charge in [-0.15, -0.1) is 0 Å². The van der Waals surface area contributed by atoms with Crippen LogP contribution in [0.3, 0.4) is 0 Å². The van der Waals surface area contributed by atoms with Gasteiger partial charge < -0.3 is 4.74 Å². The molecule has 0 saturated heterocycles. The summed E-state index contributed by atoms with van der Waals surface area (Å²) in [5, 5.41) is 0. The summed E-state index contributed by atoms with van der Waals surface area (Å²) < 4.78 is 6.30. The molecule has 0 bridgehead atoms. The van der Waals surface area contributed by atoms with E-state index in [4.69, 9.17) is 4.74 Å². The second-order valence-electron chi connectivity index (χ2n) is 6.72. The third-order valence-electron chi connectivity index (χ3n) is 5.54. The van der Waals surface area contributed by atoms with E-state index in [9.17, 15) is 4.79 Å². The van der Waals surface area contributed by atoms with Gasteiger partial charge in [0.05, 0.1) is 7.11 Å². The molecule has 1 aliphatic carbocycles. The zero-order valence-electron chi connectivity index (χ0n) is 14.5. The highest BCUT2D eigenvalue weighted by atomic mass is 79.9. The van der Waals surface area contributed by atoms with Crippen molar-refractivity contribution in [1.29, 1.82) is 0 Å². The van der Waals surface area contributed by atoms with Gasteiger partial charge in [0.2, 0.25) is 0 Å². The number of rotatable bonds is 4. The molecule has 0 radical (unpaired) electrons. The van der Waals surface area contributed by atoms with Crippen LogP contribution in [0.25, 0.3) is 0 Å². The molecule has 0 amide bonds. The summed E-state index contributed by atoms with van der Waals surface area (Å²) >= 11 is 3.49. The summed E-state index contributed by atoms with van der Waals surface area (Å²) in [5.41, 5.74) is 2.13. The van der Waals surface area contributed by atoms with Crippen LogP contribution >= 0.6 is 15.9 Å². The summed E-state index contributed by atoms with van der Waals surface area (Å²) in [6, 6.07) is 28.6. The minimum absolute atomic E-state index is 0.187. The average molecular weight is 407 g/mol. The van der Waals surface area contributed by atoms with Crippen molar-refractivity contribution in [1.82, 2.24) is 0 Å². The SMILES string of the molecule is COC(=O)[C@]1(c2ccc(Br)cc2)CC1(c1ccccc1)c1ccccc1. The number of esters is 1. The zero-order valence-corrected chi connectivity index (χ0v) is 16.1. The molecule has 3 aromatic rings. The van der Waals surface area contributed by atoms with Crippen molar-refractivity contribution in [3.8, 4) is 0 Å². The van der Waals surface area contributed by atoms with E-state index in [2.05, 4.69) is 40.2 Å². The smallest absolute Gasteiger partial charge is 0.317 e. The quantitative estimate of drug-likeness (QED) is 0.553. The van der Waals surface area contributed by atoms with Crippen LogP contribution in [0.4, 0.5) is 0 Å². The van der Waals surface area contributed by atoms with Gasteiger partial charge in [-0.1, -0.05) is 88.7 Å². The first-order valence-corrected chi connectivity index (χ1v) is 9.40. The van der Waals surface area contributed by atoms with Gasteiger partial charge in [-0.05, 0) is 35.2 Å². The van der Waals surface area contributed by atoms with Gasteiger partial charge in [0.25, 0.3) is 0 Å². The number of benzene rings is 3. The normalized spacial score (nSPS) is 20.4. The van der Waals surface area contributed by atoms with Crippen molar-refractivity contribution < 1.29 is 9.53 Å². The molecule has 1 atom stereocenters. The maximum Gasteiger partial charge on any atom is 0.317 e. The number of hydrogen-bond donors (Lipinski definition) is 0. The molecule has 1 saturated carbocycles. The lowest BCUT2D eigenvalue weighted by molar-refractivity contribution is -0.144. The number of carbonyl (C=O) groups is 1. The third kappa shape index (κ3) is 2.34. The standard InChI is InChI=1S/C23H19BrO2/c1-26-21(25)23(19-12-14-20(24)15-13-19)16-22(23,17-8-4-2-5-9-17)18-10-6-3-7-11-18/h2-15H,16H2,1H3/t23-/m1/s1. The van der Waals surface area contributed by atoms with Gasteiger partial charge in [0.15, 0.2) is 0 Å². The first-order chi connectivity index (χ1) is 12.6. The average Bonchev–Trinajstić information content (AvgIpc) is 3.42. The van der Waals surface area contributed by atoms with Crippen LogP contribution in [-0.2, 0) is 20.4 Å². The van der Waals surface area contributed by atoms with E-state index in [1.807, 2.05) is 60.7 Å². The van der Waals surface area contributed by atoms with E-state index >= 15 is 0 Å². The van der Waals surface area contributed by atoms with Crippen LogP contribution < -0.4 is 0 Å². The second-order valence-corrected chi connectivity index (χ2v) is 7.63. The van der Waals surface area contributed by atoms with Crippen LogP contribution in [0, 0.1) is 0 Å². The largest absolute Gasteiger partial charge is 0.468 e. The highest BCUT2D eigenvalue weighted by Gasteiger charge is 2.74. The lowest BCUT2D eigenvalue weighted by Crippen LogP contribution is -2.32. The molecule has 2 nitrogen and oxygen atoms in total. The Hall–Kier alpha value is -2.39. The monoisotopic (exact) mass is 406 g/mol. The Bertz CT molecular complexity index is 880. The van der Waals surface area contributed by atoms with Crippen molar-refractivity contribution in [2.24, 2.45) is 0 Å². The molecule has 0 unspecified atom stereocenters. The summed E-state index contributed by atoms with van der Waals surface area (Å²) in [5.74, 6) is -0.187. The molecule has 4 rings (SSSR count). The van der Waals surface area contributed by atoms with Gasteiger partial charge >= 0.3 is 5.97 Å². The molecule has 130 valence electrons. The van der Waals surface area contributed by atoms with E-state index in [-0.39, 0.29) is 5.97 Å². The van der Waals surface area contributed by atoms with E-state index in [1.54, 1.807) is 0 Å². The first kappa shape index (κ1) is 17.0. The Balaban J connectivity index is 1.98. The Morgan fingerprint density at radius 3 is 1.77 bits per heavy atom. The number of halogens is 1. The van der Waals surface area contributed by atoms with E-state index in [0.717, 1.165) is 21.2 Å². The maximum absolute atomic E-state index is 13.1. The Kier molecular flexibility index (Phi) is 4.20. The van der Waals surface area contributed by atoms with Crippen molar-refractivity contribution >= 4 is 21.9 Å². The molecule has 0 heterocycles. The van der Waals surface area contributed by atoms with Gasteiger partial charge in [0, 0.05) is 9.89 Å². The number of methoxy groups -OCH3 is 1. The summed E-state index contributed by atoms with van der Waals surface area (Å²) in [6.45, 7) is 0. The lowest BCUT2D eigenvalue weighted by atomic mass is 9.77. The fourth-order valence-corrected chi connectivity index (χ4v) is 4.55. The topological polar surface area (TPSA) is 26.3 Å². The van der Waals surface area contributed by atoms with Crippen molar-refractivity contribution in [2.45, 2.75) is 17.3 Å². The van der Waals surface area contributed by atoms with Gasteiger partial charge in [0.1, 0.15) is 5.41 Å². The highest BCUT2D eigenvalue weighted by molar-refractivity contribution is 9.10. The van der Waals surface area contributed by atoms with Crippen molar-refractivity contribution in [3.05, 3.63) is 106 Å². The molecule has 26 heavy (non-hydrogen) atoms. The van der Waals surface area contributed by atoms with Crippen LogP contribution in [0.1, 0.15) is 23.1 Å². The summed E-state index contributed by atoms with van der Waals surface area (Å²) in [7, 11) is 1.47. The first-order valence-electron chi connectivity index (χ1n) is 8.61. The van der Waals surface area contributed by atoms with Crippen molar-refractivity contribution in [3.63, 3.8) is 0 Å². The van der Waals surface area contributed by atoms with E-state index in [1.165, 1.54) is 7.11 Å². The Labute approximate surface area is 162 Å². The number of ether oxygens (including phenoxy) is 1. The molecular weight excluding hydrogens is 388 g/mol. The molecule has 0 spiro atoms. The lowest BCUT2D eigenvalue weighted by Gasteiger charge is -2.26. The van der Waals surface area contributed by atoms with E-state index < -0.39 is 10.8 Å². The predicted octanol–water partition coefficient (Wildman–Crippen LogP) is 5.25. The molecular formula is C23H19BrO2. The summed E-state index contributed by atoms with van der Waals surface area (Å²) in [4.78, 5) is 13.1. The predicted molar refractivity (Wildman–Crippen MR) is 106 cm³/mol. The Morgan fingerprint density at radius 2 is 1.31 bits per heavy atom. The molecule has 0 N–H and O–H groups in total. The molecule has 3 heteroatoms. The molecule has 0 aromatic heterocycles. The Morgan fingerprint density at radius 1 is 0.808 bits per heavy atom. The van der Waals surface area contributed by atoms with Gasteiger partial charge in [-0.2, -0.15) is 0 Å². The minimum Gasteiger partial charge on any atom is -0.468 e. The van der Waals surface area contributed by atoms with E-state index in [0.29, 0.717) is 6.42 Å². The number of hydrogen-bond acceptors (Lipinski definition) is 2. The van der Waals surface area contributed by atoms with Crippen molar-refractivity contribution in [2.75, 3.05) is 7.11 Å². The second kappa shape index (κ2) is 6.40. The maximum atomic E-state index is 13.1. The van der Waals surface area contributed by atoms with Gasteiger partial charge in [-0.25, -0.2) is 0 Å². The molecule has 1 aliphatic rings.